The molecule has 3 heteroatoms. The minimum absolute atomic E-state index is 0.286. The minimum atomic E-state index is -0.502. The Labute approximate surface area is 136 Å². The monoisotopic (exact) mass is 301 g/mol. The van der Waals surface area contributed by atoms with Gasteiger partial charge in [-0.25, -0.2) is 0 Å². The number of hydrogen-bond acceptors (Lipinski definition) is 3. The lowest BCUT2D eigenvalue weighted by atomic mass is 9.70. The fraction of sp³-hybridized carbons (Fsp3) is 0.684. The number of hydrogen-bond donors (Lipinski definition) is 0. The van der Waals surface area contributed by atoms with Crippen LogP contribution in [0.1, 0.15) is 60.1 Å². The lowest BCUT2D eigenvalue weighted by molar-refractivity contribution is 0.152. The Morgan fingerprint density at radius 3 is 2.23 bits per heavy atom. The molecule has 0 saturated heterocycles. The van der Waals surface area contributed by atoms with Gasteiger partial charge in [0.05, 0.1) is 11.8 Å². The van der Waals surface area contributed by atoms with E-state index < -0.39 is 5.41 Å². The predicted octanol–water partition coefficient (Wildman–Crippen LogP) is 4.40. The van der Waals surface area contributed by atoms with E-state index in [2.05, 4.69) is 57.5 Å². The Hall–Kier alpha value is -1.40. The molecule has 122 valence electrons. The van der Waals surface area contributed by atoms with E-state index in [-0.39, 0.29) is 5.92 Å². The molecule has 0 saturated carbocycles. The summed E-state index contributed by atoms with van der Waals surface area (Å²) in [7, 11) is 0. The second kappa shape index (κ2) is 8.29. The predicted molar refractivity (Wildman–Crippen MR) is 92.6 cm³/mol. The van der Waals surface area contributed by atoms with E-state index in [4.69, 9.17) is 0 Å². The van der Waals surface area contributed by atoms with Crippen LogP contribution in [0.25, 0.3) is 0 Å². The molecule has 1 aromatic heterocycles. The molecule has 0 radical (unpaired) electrons. The van der Waals surface area contributed by atoms with Gasteiger partial charge in [0.15, 0.2) is 0 Å². The van der Waals surface area contributed by atoms with Crippen molar-refractivity contribution in [3.8, 4) is 6.07 Å². The van der Waals surface area contributed by atoms with Gasteiger partial charge in [0, 0.05) is 24.8 Å². The smallest absolute Gasteiger partial charge is 0.103 e. The summed E-state index contributed by atoms with van der Waals surface area (Å²) in [6.45, 7) is 14.1. The van der Waals surface area contributed by atoms with Gasteiger partial charge in [-0.15, -0.1) is 0 Å². The van der Waals surface area contributed by atoms with Crippen molar-refractivity contribution in [3.05, 3.63) is 30.1 Å². The maximum atomic E-state index is 10.0. The van der Waals surface area contributed by atoms with E-state index in [0.717, 1.165) is 25.1 Å². The molecule has 22 heavy (non-hydrogen) atoms. The van der Waals surface area contributed by atoms with Crippen LogP contribution in [0.4, 0.5) is 0 Å². The van der Waals surface area contributed by atoms with Gasteiger partial charge < -0.3 is 0 Å². The molecule has 1 heterocycles. The Kier molecular flexibility index (Phi) is 7.03. The summed E-state index contributed by atoms with van der Waals surface area (Å²) >= 11 is 0. The van der Waals surface area contributed by atoms with E-state index in [1.54, 1.807) is 6.20 Å². The molecule has 0 aliphatic heterocycles. The Morgan fingerprint density at radius 2 is 1.82 bits per heavy atom. The lowest BCUT2D eigenvalue weighted by Crippen LogP contribution is -2.42. The Morgan fingerprint density at radius 1 is 1.18 bits per heavy atom. The maximum Gasteiger partial charge on any atom is 0.103 e. The molecular formula is C19H31N3. The van der Waals surface area contributed by atoms with Gasteiger partial charge in [0.2, 0.25) is 0 Å². The molecule has 2 atom stereocenters. The highest BCUT2D eigenvalue weighted by Crippen LogP contribution is 2.36. The van der Waals surface area contributed by atoms with E-state index >= 15 is 0 Å². The van der Waals surface area contributed by atoms with Crippen molar-refractivity contribution in [2.75, 3.05) is 6.54 Å². The first kappa shape index (κ1) is 18.6. The van der Waals surface area contributed by atoms with Crippen LogP contribution in [-0.2, 0) is 5.41 Å². The van der Waals surface area contributed by atoms with E-state index in [1.807, 2.05) is 18.2 Å². The second-order valence-corrected chi connectivity index (χ2v) is 6.78. The fourth-order valence-electron chi connectivity index (χ4n) is 3.24. The first-order valence-electron chi connectivity index (χ1n) is 8.47. The summed E-state index contributed by atoms with van der Waals surface area (Å²) in [5.74, 6) is 0.286. The third kappa shape index (κ3) is 4.08. The molecular weight excluding hydrogens is 270 g/mol. The zero-order valence-corrected chi connectivity index (χ0v) is 15.0. The summed E-state index contributed by atoms with van der Waals surface area (Å²) < 4.78 is 0. The van der Waals surface area contributed by atoms with Crippen LogP contribution in [-0.4, -0.2) is 28.5 Å². The zero-order chi connectivity index (χ0) is 16.8. The van der Waals surface area contributed by atoms with Gasteiger partial charge in [-0.3, -0.25) is 9.88 Å². The Bertz CT molecular complexity index is 467. The molecule has 0 spiro atoms. The molecule has 0 bridgehead atoms. The molecule has 3 nitrogen and oxygen atoms in total. The largest absolute Gasteiger partial charge is 0.298 e. The molecule has 0 aliphatic rings. The molecule has 0 fully saturated rings. The fourth-order valence-corrected chi connectivity index (χ4v) is 3.24. The number of nitrogens with zero attached hydrogens (tertiary/aromatic N) is 3. The number of nitriles is 1. The van der Waals surface area contributed by atoms with E-state index in [0.29, 0.717) is 12.1 Å². The lowest BCUT2D eigenvalue weighted by Gasteiger charge is -2.37. The SMILES string of the molecule is CC[C@H](C)[C@](C#N)(CCN(C(C)C)C(C)C)c1ccccn1. The Balaban J connectivity index is 3.10. The first-order chi connectivity index (χ1) is 10.4. The van der Waals surface area contributed by atoms with Crippen molar-refractivity contribution in [1.82, 2.24) is 9.88 Å². The normalized spacial score (nSPS) is 15.8. The van der Waals surface area contributed by atoms with Gasteiger partial charge >= 0.3 is 0 Å². The average Bonchev–Trinajstić information content (AvgIpc) is 2.51. The van der Waals surface area contributed by atoms with E-state index in [9.17, 15) is 5.26 Å². The topological polar surface area (TPSA) is 39.9 Å². The van der Waals surface area contributed by atoms with Crippen molar-refractivity contribution in [1.29, 1.82) is 5.26 Å². The molecule has 1 aromatic rings. The van der Waals surface area contributed by atoms with Crippen molar-refractivity contribution in [3.63, 3.8) is 0 Å². The molecule has 1 rings (SSSR count). The number of aromatic nitrogens is 1. The summed E-state index contributed by atoms with van der Waals surface area (Å²) in [5.41, 5.74) is 0.414. The highest BCUT2D eigenvalue weighted by molar-refractivity contribution is 5.27. The highest BCUT2D eigenvalue weighted by Gasteiger charge is 2.39. The van der Waals surface area contributed by atoms with Gasteiger partial charge in [0.1, 0.15) is 5.41 Å². The molecule has 0 aliphatic carbocycles. The van der Waals surface area contributed by atoms with Crippen LogP contribution >= 0.6 is 0 Å². The zero-order valence-electron chi connectivity index (χ0n) is 15.0. The molecule has 0 unspecified atom stereocenters. The average molecular weight is 301 g/mol. The van der Waals surface area contributed by atoms with Gasteiger partial charge in [0.25, 0.3) is 0 Å². The van der Waals surface area contributed by atoms with Gasteiger partial charge in [-0.2, -0.15) is 5.26 Å². The van der Waals surface area contributed by atoms with Gasteiger partial charge in [-0.1, -0.05) is 26.3 Å². The summed E-state index contributed by atoms with van der Waals surface area (Å²) in [6.07, 6.45) is 3.60. The quantitative estimate of drug-likeness (QED) is 0.714. The van der Waals surface area contributed by atoms with Gasteiger partial charge in [-0.05, 0) is 52.2 Å². The minimum Gasteiger partial charge on any atom is -0.298 e. The van der Waals surface area contributed by atoms with Crippen LogP contribution in [0.15, 0.2) is 24.4 Å². The van der Waals surface area contributed by atoms with Crippen molar-refractivity contribution in [2.45, 2.75) is 71.9 Å². The molecule has 0 amide bonds. The van der Waals surface area contributed by atoms with Crippen LogP contribution in [0.5, 0.6) is 0 Å². The molecule has 0 aromatic carbocycles. The highest BCUT2D eigenvalue weighted by atomic mass is 15.2. The summed E-state index contributed by atoms with van der Waals surface area (Å²) in [6, 6.07) is 9.50. The third-order valence-electron chi connectivity index (χ3n) is 4.87. The van der Waals surface area contributed by atoms with Crippen molar-refractivity contribution >= 4 is 0 Å². The maximum absolute atomic E-state index is 10.0. The summed E-state index contributed by atoms with van der Waals surface area (Å²) in [5, 5.41) is 10.0. The van der Waals surface area contributed by atoms with Crippen LogP contribution in [0, 0.1) is 17.2 Å². The number of rotatable bonds is 8. The van der Waals surface area contributed by atoms with Crippen LogP contribution in [0.3, 0.4) is 0 Å². The van der Waals surface area contributed by atoms with Crippen molar-refractivity contribution in [2.24, 2.45) is 5.92 Å². The third-order valence-corrected chi connectivity index (χ3v) is 4.87. The standard InChI is InChI=1S/C19H31N3/c1-7-17(6)19(14-20,18-10-8-9-12-21-18)11-13-22(15(2)3)16(4)5/h8-10,12,15-17H,7,11,13H2,1-6H3/t17-,19+/m0/s1. The second-order valence-electron chi connectivity index (χ2n) is 6.78. The first-order valence-corrected chi connectivity index (χ1v) is 8.47. The number of pyridine rings is 1. The van der Waals surface area contributed by atoms with Crippen LogP contribution in [0.2, 0.25) is 0 Å². The van der Waals surface area contributed by atoms with E-state index in [1.165, 1.54) is 0 Å². The summed E-state index contributed by atoms with van der Waals surface area (Å²) in [4.78, 5) is 6.97. The molecule has 0 N–H and O–H groups in total. The van der Waals surface area contributed by atoms with Crippen molar-refractivity contribution < 1.29 is 0 Å². The van der Waals surface area contributed by atoms with Crippen LogP contribution < -0.4 is 0 Å².